The predicted molar refractivity (Wildman–Crippen MR) is 109 cm³/mol. The first-order chi connectivity index (χ1) is 13.0. The molecule has 0 bridgehead atoms. The number of esters is 1. The van der Waals surface area contributed by atoms with Gasteiger partial charge in [-0.15, -0.1) is 0 Å². The maximum atomic E-state index is 12.2. The van der Waals surface area contributed by atoms with E-state index in [1.807, 2.05) is 38.1 Å². The van der Waals surface area contributed by atoms with Crippen LogP contribution in [0, 0.1) is 0 Å². The zero-order valence-electron chi connectivity index (χ0n) is 14.8. The third-order valence-corrected chi connectivity index (χ3v) is 4.44. The summed E-state index contributed by atoms with van der Waals surface area (Å²) >= 11 is 9.69. The maximum Gasteiger partial charge on any atom is 0.363 e. The molecule has 0 radical (unpaired) electrons. The molecule has 2 aromatic rings. The highest BCUT2D eigenvalue weighted by molar-refractivity contribution is 9.10. The van der Waals surface area contributed by atoms with Gasteiger partial charge in [-0.1, -0.05) is 27.5 Å². The molecule has 140 valence electrons. The van der Waals surface area contributed by atoms with Gasteiger partial charge in [-0.3, -0.25) is 0 Å². The Kier molecular flexibility index (Phi) is 6.19. The Morgan fingerprint density at radius 2 is 1.85 bits per heavy atom. The molecule has 0 unspecified atom stereocenters. The fourth-order valence-electron chi connectivity index (χ4n) is 2.50. The molecular weight excluding hydrogens is 434 g/mol. The van der Waals surface area contributed by atoms with Crippen molar-refractivity contribution in [2.75, 3.05) is 13.2 Å². The van der Waals surface area contributed by atoms with Crippen LogP contribution in [0.15, 0.2) is 51.6 Å². The summed E-state index contributed by atoms with van der Waals surface area (Å²) in [5.74, 6) is 0.745. The molecule has 0 fully saturated rings. The molecule has 1 aliphatic rings. The van der Waals surface area contributed by atoms with Crippen molar-refractivity contribution < 1.29 is 19.0 Å². The molecule has 0 aromatic heterocycles. The van der Waals surface area contributed by atoms with Crippen LogP contribution in [0.4, 0.5) is 0 Å². The van der Waals surface area contributed by atoms with Crippen molar-refractivity contribution in [3.63, 3.8) is 0 Å². The van der Waals surface area contributed by atoms with Crippen molar-refractivity contribution in [3.8, 4) is 11.5 Å². The van der Waals surface area contributed by atoms with Crippen molar-refractivity contribution in [2.45, 2.75) is 13.8 Å². The van der Waals surface area contributed by atoms with Crippen LogP contribution in [-0.2, 0) is 9.53 Å². The van der Waals surface area contributed by atoms with Crippen molar-refractivity contribution in [3.05, 3.63) is 62.7 Å². The average molecular weight is 451 g/mol. The van der Waals surface area contributed by atoms with Crippen LogP contribution < -0.4 is 9.47 Å². The highest BCUT2D eigenvalue weighted by atomic mass is 79.9. The van der Waals surface area contributed by atoms with Crippen LogP contribution in [0.3, 0.4) is 0 Å². The van der Waals surface area contributed by atoms with Gasteiger partial charge < -0.3 is 14.2 Å². The SMILES string of the molecule is CCOc1cc(/C=C2\N=C(c3ccc(Br)cc3)OC2=O)cc(Cl)c1OCC. The largest absolute Gasteiger partial charge is 0.490 e. The molecule has 0 spiro atoms. The Hall–Kier alpha value is -2.31. The number of benzene rings is 2. The molecule has 3 rings (SSSR count). The fourth-order valence-corrected chi connectivity index (χ4v) is 3.04. The molecule has 0 atom stereocenters. The zero-order chi connectivity index (χ0) is 19.4. The minimum absolute atomic E-state index is 0.190. The van der Waals surface area contributed by atoms with E-state index < -0.39 is 5.97 Å². The summed E-state index contributed by atoms with van der Waals surface area (Å²) in [4.78, 5) is 16.5. The lowest BCUT2D eigenvalue weighted by Crippen LogP contribution is -2.05. The molecule has 7 heteroatoms. The summed E-state index contributed by atoms with van der Waals surface area (Å²) in [5, 5.41) is 0.401. The van der Waals surface area contributed by atoms with Crippen molar-refractivity contribution in [2.24, 2.45) is 4.99 Å². The van der Waals surface area contributed by atoms with E-state index in [-0.39, 0.29) is 11.6 Å². The number of halogens is 2. The summed E-state index contributed by atoms with van der Waals surface area (Å²) in [6, 6.07) is 10.8. The minimum Gasteiger partial charge on any atom is -0.490 e. The molecule has 0 saturated heterocycles. The van der Waals surface area contributed by atoms with E-state index in [0.717, 1.165) is 10.0 Å². The maximum absolute atomic E-state index is 12.2. The molecule has 0 aliphatic carbocycles. The van der Waals surface area contributed by atoms with Crippen LogP contribution >= 0.6 is 27.5 Å². The molecule has 1 heterocycles. The first kappa shape index (κ1) is 19.5. The second-order valence-corrected chi connectivity index (χ2v) is 6.86. The van der Waals surface area contributed by atoms with Gasteiger partial charge in [-0.2, -0.15) is 0 Å². The summed E-state index contributed by atoms with van der Waals surface area (Å²) in [7, 11) is 0. The van der Waals surface area contributed by atoms with E-state index in [1.165, 1.54) is 0 Å². The Morgan fingerprint density at radius 1 is 1.15 bits per heavy atom. The molecule has 0 saturated carbocycles. The molecular formula is C20H17BrClNO4. The van der Waals surface area contributed by atoms with Gasteiger partial charge in [-0.05, 0) is 61.9 Å². The Balaban J connectivity index is 1.95. The Morgan fingerprint density at radius 3 is 2.52 bits per heavy atom. The topological polar surface area (TPSA) is 57.1 Å². The lowest BCUT2D eigenvalue weighted by molar-refractivity contribution is -0.129. The van der Waals surface area contributed by atoms with Gasteiger partial charge in [0.2, 0.25) is 5.90 Å². The van der Waals surface area contributed by atoms with Crippen molar-refractivity contribution >= 4 is 45.5 Å². The average Bonchev–Trinajstić information content (AvgIpc) is 2.99. The zero-order valence-corrected chi connectivity index (χ0v) is 17.1. The van der Waals surface area contributed by atoms with Gasteiger partial charge in [-0.25, -0.2) is 9.79 Å². The minimum atomic E-state index is -0.518. The number of carbonyl (C=O) groups excluding carboxylic acids is 1. The number of rotatable bonds is 6. The second-order valence-electron chi connectivity index (χ2n) is 5.54. The first-order valence-electron chi connectivity index (χ1n) is 8.39. The quantitative estimate of drug-likeness (QED) is 0.446. The number of nitrogens with zero attached hydrogens (tertiary/aromatic N) is 1. The van der Waals surface area contributed by atoms with Crippen molar-refractivity contribution in [1.82, 2.24) is 0 Å². The molecule has 5 nitrogen and oxygen atoms in total. The predicted octanol–water partition coefficient (Wildman–Crippen LogP) is 5.24. The molecule has 2 aromatic carbocycles. The summed E-state index contributed by atoms with van der Waals surface area (Å²) < 4.78 is 17.4. The van der Waals surface area contributed by atoms with E-state index in [4.69, 9.17) is 25.8 Å². The highest BCUT2D eigenvalue weighted by Crippen LogP contribution is 2.37. The Bertz CT molecular complexity index is 922. The summed E-state index contributed by atoms with van der Waals surface area (Å²) in [6.07, 6.45) is 1.61. The number of ether oxygens (including phenoxy) is 3. The summed E-state index contributed by atoms with van der Waals surface area (Å²) in [5.41, 5.74) is 1.57. The molecule has 27 heavy (non-hydrogen) atoms. The van der Waals surface area contributed by atoms with E-state index in [2.05, 4.69) is 20.9 Å². The smallest absolute Gasteiger partial charge is 0.363 e. The van der Waals surface area contributed by atoms with E-state index in [0.29, 0.717) is 35.3 Å². The summed E-state index contributed by atoms with van der Waals surface area (Å²) in [6.45, 7) is 4.67. The van der Waals surface area contributed by atoms with Crippen LogP contribution in [0.5, 0.6) is 11.5 Å². The number of carbonyl (C=O) groups is 1. The Labute approximate surface area is 170 Å². The number of hydrogen-bond donors (Lipinski definition) is 0. The normalized spacial score (nSPS) is 14.9. The van der Waals surface area contributed by atoms with Gasteiger partial charge in [0, 0.05) is 10.0 Å². The van der Waals surface area contributed by atoms with Crippen molar-refractivity contribution in [1.29, 1.82) is 0 Å². The van der Waals surface area contributed by atoms with Crippen LogP contribution in [0.1, 0.15) is 25.0 Å². The van der Waals surface area contributed by atoms with Gasteiger partial charge in [0.25, 0.3) is 0 Å². The molecule has 1 aliphatic heterocycles. The van der Waals surface area contributed by atoms with E-state index in [9.17, 15) is 4.79 Å². The van der Waals surface area contributed by atoms with Crippen LogP contribution in [-0.4, -0.2) is 25.1 Å². The van der Waals surface area contributed by atoms with Gasteiger partial charge in [0.05, 0.1) is 18.2 Å². The molecule has 0 amide bonds. The third-order valence-electron chi connectivity index (χ3n) is 3.64. The van der Waals surface area contributed by atoms with Gasteiger partial charge in [0.1, 0.15) is 0 Å². The lowest BCUT2D eigenvalue weighted by atomic mass is 10.1. The monoisotopic (exact) mass is 449 g/mol. The highest BCUT2D eigenvalue weighted by Gasteiger charge is 2.24. The number of aliphatic imine (C=N–C) groups is 1. The second kappa shape index (κ2) is 8.59. The third kappa shape index (κ3) is 4.51. The number of hydrogen-bond acceptors (Lipinski definition) is 5. The van der Waals surface area contributed by atoms with Crippen LogP contribution in [0.2, 0.25) is 5.02 Å². The lowest BCUT2D eigenvalue weighted by Gasteiger charge is -2.13. The standard InChI is InChI=1S/C20H17BrClNO4/c1-3-25-17-11-12(9-15(22)18(17)26-4-2)10-16-20(24)27-19(23-16)13-5-7-14(21)8-6-13/h5-11H,3-4H2,1-2H3/b16-10-. The molecule has 0 N–H and O–H groups in total. The van der Waals surface area contributed by atoms with Crippen LogP contribution in [0.25, 0.3) is 6.08 Å². The van der Waals surface area contributed by atoms with E-state index in [1.54, 1.807) is 18.2 Å². The number of cyclic esters (lactones) is 1. The first-order valence-corrected chi connectivity index (χ1v) is 9.56. The fraction of sp³-hybridized carbons (Fsp3) is 0.200. The van der Waals surface area contributed by atoms with Gasteiger partial charge >= 0.3 is 5.97 Å². The van der Waals surface area contributed by atoms with E-state index >= 15 is 0 Å². The van der Waals surface area contributed by atoms with Gasteiger partial charge in [0.15, 0.2) is 17.2 Å².